The summed E-state index contributed by atoms with van der Waals surface area (Å²) < 4.78 is 5.13. The van der Waals surface area contributed by atoms with Gasteiger partial charge < -0.3 is 10.1 Å². The number of rotatable bonds is 6. The van der Waals surface area contributed by atoms with Crippen LogP contribution in [0.15, 0.2) is 48.5 Å². The van der Waals surface area contributed by atoms with E-state index in [2.05, 4.69) is 20.7 Å². The van der Waals surface area contributed by atoms with Crippen molar-refractivity contribution in [3.8, 4) is 17.5 Å². The first kappa shape index (κ1) is 19.7. The molecule has 0 bridgehead atoms. The number of aryl methyl sites for hydroxylation is 1. The van der Waals surface area contributed by atoms with Gasteiger partial charge in [-0.3, -0.25) is 4.79 Å². The number of nitriles is 1. The molecule has 3 aromatic rings. The zero-order chi connectivity index (χ0) is 20.8. The molecule has 146 valence electrons. The van der Waals surface area contributed by atoms with Crippen LogP contribution in [0.3, 0.4) is 0 Å². The maximum atomic E-state index is 12.2. The smallest absolute Gasteiger partial charge is 0.330 e. The van der Waals surface area contributed by atoms with Crippen LogP contribution >= 0.6 is 0 Å². The van der Waals surface area contributed by atoms with E-state index in [0.29, 0.717) is 17.1 Å². The van der Waals surface area contributed by atoms with Crippen molar-refractivity contribution in [1.29, 1.82) is 5.26 Å². The SMILES string of the molecule is Cc1ccc(-c2nnn(CC(=O)O[C@@H](C)C(=O)Nc3ccccc3C#N)n2)cc1. The van der Waals surface area contributed by atoms with Gasteiger partial charge in [0.2, 0.25) is 5.82 Å². The number of nitrogens with one attached hydrogen (secondary N) is 1. The number of tetrazole rings is 1. The number of anilines is 1. The summed E-state index contributed by atoms with van der Waals surface area (Å²) in [5.41, 5.74) is 2.55. The Kier molecular flexibility index (Phi) is 5.94. The van der Waals surface area contributed by atoms with Gasteiger partial charge in [0, 0.05) is 5.56 Å². The maximum Gasteiger partial charge on any atom is 0.330 e. The van der Waals surface area contributed by atoms with E-state index in [4.69, 9.17) is 10.00 Å². The average Bonchev–Trinajstić information content (AvgIpc) is 3.17. The highest BCUT2D eigenvalue weighted by Gasteiger charge is 2.20. The Morgan fingerprint density at radius 3 is 2.66 bits per heavy atom. The number of hydrogen-bond donors (Lipinski definition) is 1. The molecule has 0 saturated heterocycles. The molecule has 2 aromatic carbocycles. The Balaban J connectivity index is 1.57. The van der Waals surface area contributed by atoms with Crippen molar-refractivity contribution in [3.63, 3.8) is 0 Å². The molecule has 1 amide bonds. The van der Waals surface area contributed by atoms with Crippen LogP contribution in [0, 0.1) is 18.3 Å². The van der Waals surface area contributed by atoms with Crippen LogP contribution < -0.4 is 5.32 Å². The van der Waals surface area contributed by atoms with Crippen LogP contribution in [0.1, 0.15) is 18.1 Å². The Bertz CT molecular complexity index is 1070. The fraction of sp³-hybridized carbons (Fsp3) is 0.200. The first-order chi connectivity index (χ1) is 14.0. The van der Waals surface area contributed by atoms with Crippen LogP contribution in [0.5, 0.6) is 0 Å². The van der Waals surface area contributed by atoms with E-state index in [9.17, 15) is 9.59 Å². The highest BCUT2D eigenvalue weighted by Crippen LogP contribution is 2.15. The normalized spacial score (nSPS) is 11.3. The van der Waals surface area contributed by atoms with Crippen LogP contribution in [0.25, 0.3) is 11.4 Å². The van der Waals surface area contributed by atoms with E-state index in [0.717, 1.165) is 15.9 Å². The molecule has 0 aliphatic carbocycles. The second-order valence-corrected chi connectivity index (χ2v) is 6.29. The summed E-state index contributed by atoms with van der Waals surface area (Å²) in [6.45, 7) is 3.13. The van der Waals surface area contributed by atoms with Gasteiger partial charge in [0.15, 0.2) is 12.6 Å². The second-order valence-electron chi connectivity index (χ2n) is 6.29. The third kappa shape index (κ3) is 5.01. The molecule has 29 heavy (non-hydrogen) atoms. The van der Waals surface area contributed by atoms with Gasteiger partial charge in [-0.15, -0.1) is 10.2 Å². The molecule has 3 rings (SSSR count). The quantitative estimate of drug-likeness (QED) is 0.639. The zero-order valence-electron chi connectivity index (χ0n) is 15.9. The van der Waals surface area contributed by atoms with E-state index in [-0.39, 0.29) is 6.54 Å². The molecule has 1 atom stereocenters. The van der Waals surface area contributed by atoms with Crippen molar-refractivity contribution < 1.29 is 14.3 Å². The minimum atomic E-state index is -1.06. The summed E-state index contributed by atoms with van der Waals surface area (Å²) >= 11 is 0. The number of aromatic nitrogens is 4. The van der Waals surface area contributed by atoms with Crippen molar-refractivity contribution in [3.05, 3.63) is 59.7 Å². The van der Waals surface area contributed by atoms with Crippen molar-refractivity contribution in [2.75, 3.05) is 5.32 Å². The summed E-state index contributed by atoms with van der Waals surface area (Å²) in [4.78, 5) is 25.5. The fourth-order valence-corrected chi connectivity index (χ4v) is 2.46. The minimum Gasteiger partial charge on any atom is -0.451 e. The van der Waals surface area contributed by atoms with Crippen LogP contribution in [-0.4, -0.2) is 38.2 Å². The van der Waals surface area contributed by atoms with E-state index >= 15 is 0 Å². The lowest BCUT2D eigenvalue weighted by Crippen LogP contribution is -2.31. The summed E-state index contributed by atoms with van der Waals surface area (Å²) in [7, 11) is 0. The molecule has 0 fully saturated rings. The Hall–Kier alpha value is -4.06. The maximum absolute atomic E-state index is 12.2. The van der Waals surface area contributed by atoms with Gasteiger partial charge in [-0.25, -0.2) is 4.79 Å². The second kappa shape index (κ2) is 8.75. The third-order valence-electron chi connectivity index (χ3n) is 4.02. The number of benzene rings is 2. The van der Waals surface area contributed by atoms with Gasteiger partial charge in [-0.2, -0.15) is 10.1 Å². The molecule has 1 aromatic heterocycles. The van der Waals surface area contributed by atoms with E-state index in [1.165, 1.54) is 6.92 Å². The van der Waals surface area contributed by atoms with Gasteiger partial charge in [-0.05, 0) is 31.2 Å². The Morgan fingerprint density at radius 2 is 1.93 bits per heavy atom. The molecule has 0 spiro atoms. The lowest BCUT2D eigenvalue weighted by molar-refractivity contribution is -0.154. The van der Waals surface area contributed by atoms with Gasteiger partial charge in [0.05, 0.1) is 11.3 Å². The predicted molar refractivity (Wildman–Crippen MR) is 103 cm³/mol. The number of carbonyl (C=O) groups is 2. The first-order valence-electron chi connectivity index (χ1n) is 8.80. The van der Waals surface area contributed by atoms with Crippen molar-refractivity contribution in [2.45, 2.75) is 26.5 Å². The molecule has 0 aliphatic rings. The summed E-state index contributed by atoms with van der Waals surface area (Å²) in [6.07, 6.45) is -1.06. The molecule has 0 unspecified atom stereocenters. The molecule has 1 N–H and O–H groups in total. The molecule has 0 saturated carbocycles. The summed E-state index contributed by atoms with van der Waals surface area (Å²) in [5, 5.41) is 23.5. The third-order valence-corrected chi connectivity index (χ3v) is 4.02. The largest absolute Gasteiger partial charge is 0.451 e. The highest BCUT2D eigenvalue weighted by molar-refractivity contribution is 5.96. The zero-order valence-corrected chi connectivity index (χ0v) is 15.9. The van der Waals surface area contributed by atoms with E-state index in [1.807, 2.05) is 37.3 Å². The average molecular weight is 390 g/mol. The molecular weight excluding hydrogens is 372 g/mol. The molecule has 0 radical (unpaired) electrons. The monoisotopic (exact) mass is 390 g/mol. The summed E-state index contributed by atoms with van der Waals surface area (Å²) in [5.74, 6) is -0.848. The number of amides is 1. The molecule has 9 nitrogen and oxygen atoms in total. The number of carbonyl (C=O) groups excluding carboxylic acids is 2. The predicted octanol–water partition coefficient (Wildman–Crippen LogP) is 2.09. The van der Waals surface area contributed by atoms with Crippen LogP contribution in [-0.2, 0) is 20.9 Å². The molecular formula is C20H18N6O3. The van der Waals surface area contributed by atoms with E-state index in [1.54, 1.807) is 24.3 Å². The first-order valence-corrected chi connectivity index (χ1v) is 8.80. The number of hydrogen-bond acceptors (Lipinski definition) is 7. The lowest BCUT2D eigenvalue weighted by atomic mass is 10.1. The van der Waals surface area contributed by atoms with Crippen LogP contribution in [0.4, 0.5) is 5.69 Å². The lowest BCUT2D eigenvalue weighted by Gasteiger charge is -2.13. The fourth-order valence-electron chi connectivity index (χ4n) is 2.46. The highest BCUT2D eigenvalue weighted by atomic mass is 16.5. The number of para-hydroxylation sites is 1. The number of ether oxygens (including phenoxy) is 1. The minimum absolute atomic E-state index is 0.286. The topological polar surface area (TPSA) is 123 Å². The van der Waals surface area contributed by atoms with Gasteiger partial charge in [-0.1, -0.05) is 42.0 Å². The van der Waals surface area contributed by atoms with Crippen LogP contribution in [0.2, 0.25) is 0 Å². The van der Waals surface area contributed by atoms with E-state index < -0.39 is 18.0 Å². The van der Waals surface area contributed by atoms with Gasteiger partial charge >= 0.3 is 5.97 Å². The number of nitrogens with zero attached hydrogens (tertiary/aromatic N) is 5. The van der Waals surface area contributed by atoms with Crippen molar-refractivity contribution in [1.82, 2.24) is 20.2 Å². The number of esters is 1. The summed E-state index contributed by atoms with van der Waals surface area (Å²) in [6, 6.07) is 16.1. The standard InChI is InChI=1S/C20H18N6O3/c1-13-7-9-15(10-8-13)19-23-25-26(24-19)12-18(27)29-14(2)20(28)22-17-6-4-3-5-16(17)11-21/h3-10,14H,12H2,1-2H3,(H,22,28)/t14-/m0/s1. The Labute approximate surface area is 166 Å². The Morgan fingerprint density at radius 1 is 1.21 bits per heavy atom. The van der Waals surface area contributed by atoms with Crippen molar-refractivity contribution in [2.24, 2.45) is 0 Å². The van der Waals surface area contributed by atoms with Gasteiger partial charge in [0.1, 0.15) is 6.07 Å². The molecule has 1 heterocycles. The van der Waals surface area contributed by atoms with Gasteiger partial charge in [0.25, 0.3) is 5.91 Å². The van der Waals surface area contributed by atoms with Crippen molar-refractivity contribution >= 4 is 17.6 Å². The molecule has 9 heteroatoms. The molecule has 0 aliphatic heterocycles.